The molecule has 0 aliphatic heterocycles. The second-order valence-corrected chi connectivity index (χ2v) is 7.45. The first kappa shape index (κ1) is 21.0. The van der Waals surface area contributed by atoms with Crippen molar-refractivity contribution in [3.63, 3.8) is 0 Å². The molecule has 0 unspecified atom stereocenters. The zero-order valence-corrected chi connectivity index (χ0v) is 17.6. The van der Waals surface area contributed by atoms with Crippen LogP contribution in [0, 0.1) is 25.2 Å². The van der Waals surface area contributed by atoms with Crippen molar-refractivity contribution in [3.8, 4) is 6.07 Å². The van der Waals surface area contributed by atoms with Gasteiger partial charge in [0.2, 0.25) is 5.91 Å². The molecule has 0 aliphatic carbocycles. The first-order chi connectivity index (χ1) is 14.4. The number of rotatable bonds is 6. The van der Waals surface area contributed by atoms with Gasteiger partial charge in [-0.2, -0.15) is 5.26 Å². The van der Waals surface area contributed by atoms with Gasteiger partial charge >= 0.3 is 0 Å². The third-order valence-corrected chi connectivity index (χ3v) is 5.27. The number of nitrogens with zero attached hydrogens (tertiary/aromatic N) is 3. The van der Waals surface area contributed by atoms with Crippen molar-refractivity contribution in [2.24, 2.45) is 0 Å². The highest BCUT2D eigenvalue weighted by molar-refractivity contribution is 7.14. The molecule has 0 radical (unpaired) electrons. The Labute approximate surface area is 178 Å². The largest absolute Gasteiger partial charge is 0.467 e. The smallest absolute Gasteiger partial charge is 0.262 e. The summed E-state index contributed by atoms with van der Waals surface area (Å²) in [6.45, 7) is 5.63. The van der Waals surface area contributed by atoms with Crippen LogP contribution < -0.4 is 10.2 Å². The van der Waals surface area contributed by atoms with Crippen LogP contribution in [0.5, 0.6) is 0 Å². The average Bonchev–Trinajstić information content (AvgIpc) is 3.39. The van der Waals surface area contributed by atoms with E-state index in [9.17, 15) is 14.9 Å². The van der Waals surface area contributed by atoms with Crippen molar-refractivity contribution < 1.29 is 14.0 Å². The van der Waals surface area contributed by atoms with Crippen molar-refractivity contribution in [3.05, 3.63) is 70.1 Å². The van der Waals surface area contributed by atoms with E-state index in [4.69, 9.17) is 4.42 Å². The Morgan fingerprint density at radius 3 is 2.73 bits per heavy atom. The minimum atomic E-state index is -0.527. The second-order valence-electron chi connectivity index (χ2n) is 6.61. The van der Waals surface area contributed by atoms with E-state index in [0.29, 0.717) is 22.3 Å². The zero-order chi connectivity index (χ0) is 21.7. The van der Waals surface area contributed by atoms with Gasteiger partial charge in [0.05, 0.1) is 24.2 Å². The predicted molar refractivity (Wildman–Crippen MR) is 115 cm³/mol. The van der Waals surface area contributed by atoms with Gasteiger partial charge in [-0.15, -0.1) is 11.3 Å². The van der Waals surface area contributed by atoms with E-state index in [1.807, 2.05) is 38.1 Å². The first-order valence-electron chi connectivity index (χ1n) is 9.15. The van der Waals surface area contributed by atoms with Gasteiger partial charge in [-0.1, -0.05) is 6.07 Å². The van der Waals surface area contributed by atoms with Gasteiger partial charge in [-0.05, 0) is 55.3 Å². The molecule has 3 aromatic rings. The first-order valence-corrected chi connectivity index (χ1v) is 10.0. The number of nitrogens with one attached hydrogen (secondary N) is 1. The van der Waals surface area contributed by atoms with Gasteiger partial charge < -0.3 is 9.73 Å². The maximum atomic E-state index is 12.3. The average molecular weight is 420 g/mol. The third kappa shape index (κ3) is 4.82. The van der Waals surface area contributed by atoms with Gasteiger partial charge in [0.1, 0.15) is 17.4 Å². The van der Waals surface area contributed by atoms with E-state index in [0.717, 1.165) is 11.1 Å². The molecular weight excluding hydrogens is 400 g/mol. The quantitative estimate of drug-likeness (QED) is 0.474. The van der Waals surface area contributed by atoms with E-state index >= 15 is 0 Å². The number of carbonyl (C=O) groups is 2. The molecule has 0 fully saturated rings. The van der Waals surface area contributed by atoms with Gasteiger partial charge in [0.15, 0.2) is 5.13 Å². The lowest BCUT2D eigenvalue weighted by molar-refractivity contribution is -0.117. The highest BCUT2D eigenvalue weighted by atomic mass is 32.1. The van der Waals surface area contributed by atoms with Crippen molar-refractivity contribution in [2.45, 2.75) is 27.3 Å². The lowest BCUT2D eigenvalue weighted by atomic mass is 10.1. The number of aryl methyl sites for hydroxylation is 2. The van der Waals surface area contributed by atoms with Crippen LogP contribution in [0.25, 0.3) is 6.08 Å². The number of hydrogen-bond acceptors (Lipinski definition) is 6. The molecule has 3 rings (SSSR count). The Balaban J connectivity index is 1.81. The number of hydrogen-bond donors (Lipinski definition) is 1. The van der Waals surface area contributed by atoms with E-state index in [1.54, 1.807) is 17.5 Å². The lowest BCUT2D eigenvalue weighted by Crippen LogP contribution is -2.23. The fourth-order valence-electron chi connectivity index (χ4n) is 2.71. The van der Waals surface area contributed by atoms with Crippen molar-refractivity contribution in [2.75, 3.05) is 4.90 Å². The number of amides is 2. The lowest BCUT2D eigenvalue weighted by Gasteiger charge is -2.19. The van der Waals surface area contributed by atoms with E-state index in [1.165, 1.54) is 35.5 Å². The molecule has 8 heteroatoms. The number of nitriles is 1. The Hall–Kier alpha value is -3.70. The summed E-state index contributed by atoms with van der Waals surface area (Å²) < 4.78 is 5.16. The van der Waals surface area contributed by atoms with Gasteiger partial charge in [0.25, 0.3) is 5.91 Å². The molecule has 7 nitrogen and oxygen atoms in total. The maximum Gasteiger partial charge on any atom is 0.262 e. The Morgan fingerprint density at radius 1 is 1.30 bits per heavy atom. The highest BCUT2D eigenvalue weighted by Gasteiger charge is 2.19. The monoisotopic (exact) mass is 420 g/mol. The molecule has 0 saturated heterocycles. The van der Waals surface area contributed by atoms with Gasteiger partial charge in [-0.3, -0.25) is 14.5 Å². The van der Waals surface area contributed by atoms with E-state index < -0.39 is 5.91 Å². The van der Waals surface area contributed by atoms with Crippen LogP contribution in [0.15, 0.2) is 52.0 Å². The summed E-state index contributed by atoms with van der Waals surface area (Å²) in [5, 5.41) is 14.2. The van der Waals surface area contributed by atoms with Crippen LogP contribution in [0.2, 0.25) is 0 Å². The van der Waals surface area contributed by atoms with Crippen LogP contribution >= 0.6 is 11.3 Å². The number of aromatic nitrogens is 1. The number of anilines is 2. The van der Waals surface area contributed by atoms with Crippen LogP contribution in [0.4, 0.5) is 10.8 Å². The predicted octanol–water partition coefficient (Wildman–Crippen LogP) is 4.26. The number of benzene rings is 1. The van der Waals surface area contributed by atoms with Crippen molar-refractivity contribution in [1.82, 2.24) is 10.3 Å². The topological polar surface area (TPSA) is 99.2 Å². The van der Waals surface area contributed by atoms with Gasteiger partial charge in [0, 0.05) is 12.3 Å². The Morgan fingerprint density at radius 2 is 2.10 bits per heavy atom. The molecule has 30 heavy (non-hydrogen) atoms. The minimum absolute atomic E-state index is 0.0843. The van der Waals surface area contributed by atoms with Crippen LogP contribution in [-0.2, 0) is 16.1 Å². The molecular formula is C22H20N4O3S. The summed E-state index contributed by atoms with van der Waals surface area (Å²) in [4.78, 5) is 30.5. The number of furan rings is 1. The maximum absolute atomic E-state index is 12.3. The zero-order valence-electron chi connectivity index (χ0n) is 16.8. The van der Waals surface area contributed by atoms with Crippen molar-refractivity contribution in [1.29, 1.82) is 5.26 Å². The van der Waals surface area contributed by atoms with Crippen LogP contribution in [-0.4, -0.2) is 16.8 Å². The fourth-order valence-corrected chi connectivity index (χ4v) is 3.55. The standard InChI is InChI=1S/C22H20N4O3S/c1-14-6-7-19(9-15(14)2)26(16(3)27)22-25-18(13-30-22)10-17(11-23)21(28)24-12-20-5-4-8-29-20/h4-10,13H,12H2,1-3H3,(H,24,28)/b17-10+. The molecule has 2 aromatic heterocycles. The second kappa shape index (κ2) is 9.20. The summed E-state index contributed by atoms with van der Waals surface area (Å²) in [6.07, 6.45) is 2.91. The molecule has 1 N–H and O–H groups in total. The summed E-state index contributed by atoms with van der Waals surface area (Å²) in [5.74, 6) is -0.122. The number of thiazole rings is 1. The minimum Gasteiger partial charge on any atom is -0.467 e. The normalized spacial score (nSPS) is 11.1. The van der Waals surface area contributed by atoms with Crippen LogP contribution in [0.1, 0.15) is 29.5 Å². The van der Waals surface area contributed by atoms with Crippen LogP contribution in [0.3, 0.4) is 0 Å². The summed E-state index contributed by atoms with van der Waals surface area (Å²) in [7, 11) is 0. The summed E-state index contributed by atoms with van der Waals surface area (Å²) in [6, 6.07) is 11.1. The molecule has 152 valence electrons. The SMILES string of the molecule is CC(=O)N(c1ccc(C)c(C)c1)c1nc(/C=C(\C#N)C(=O)NCc2ccco2)cs1. The Bertz CT molecular complexity index is 1140. The van der Waals surface area contributed by atoms with Crippen molar-refractivity contribution >= 4 is 40.0 Å². The molecule has 0 spiro atoms. The molecule has 0 aliphatic rings. The molecule has 0 bridgehead atoms. The molecule has 0 atom stereocenters. The molecule has 1 aromatic carbocycles. The van der Waals surface area contributed by atoms with E-state index in [2.05, 4.69) is 10.3 Å². The highest BCUT2D eigenvalue weighted by Crippen LogP contribution is 2.30. The summed E-state index contributed by atoms with van der Waals surface area (Å²) >= 11 is 1.26. The number of carbonyl (C=O) groups excluding carboxylic acids is 2. The molecule has 0 saturated carbocycles. The molecule has 2 amide bonds. The molecule has 2 heterocycles. The van der Waals surface area contributed by atoms with Gasteiger partial charge in [-0.25, -0.2) is 4.98 Å². The van der Waals surface area contributed by atoms with E-state index in [-0.39, 0.29) is 18.0 Å². The third-order valence-electron chi connectivity index (χ3n) is 4.43. The summed E-state index contributed by atoms with van der Waals surface area (Å²) in [5.41, 5.74) is 3.25. The Kier molecular flexibility index (Phi) is 6.45. The fraction of sp³-hybridized carbons (Fsp3) is 0.182.